The van der Waals surface area contributed by atoms with Crippen molar-refractivity contribution in [2.45, 2.75) is 67.3 Å². The lowest BCUT2D eigenvalue weighted by molar-refractivity contribution is -0.113. The molecule has 0 radical (unpaired) electrons. The maximum absolute atomic E-state index is 13.9. The van der Waals surface area contributed by atoms with Crippen LogP contribution in [-0.4, -0.2) is 26.5 Å². The van der Waals surface area contributed by atoms with Gasteiger partial charge in [-0.25, -0.2) is 4.98 Å². The Morgan fingerprint density at radius 3 is 2.68 bits per heavy atom. The Labute approximate surface area is 208 Å². The molecule has 1 amide bonds. The number of amides is 1. The van der Waals surface area contributed by atoms with Crippen LogP contribution in [0.5, 0.6) is 0 Å². The molecule has 2 atom stereocenters. The van der Waals surface area contributed by atoms with Gasteiger partial charge in [0.2, 0.25) is 5.91 Å². The number of aromatic nitrogens is 2. The minimum atomic E-state index is -0.108. The van der Waals surface area contributed by atoms with Crippen molar-refractivity contribution in [2.75, 3.05) is 11.1 Å². The molecule has 2 aromatic carbocycles. The molecule has 7 heteroatoms. The van der Waals surface area contributed by atoms with E-state index in [1.54, 1.807) is 16.3 Å². The van der Waals surface area contributed by atoms with Crippen molar-refractivity contribution in [1.82, 2.24) is 9.55 Å². The third kappa shape index (κ3) is 4.56. The average molecular weight is 492 g/mol. The van der Waals surface area contributed by atoms with E-state index in [-0.39, 0.29) is 17.2 Å². The van der Waals surface area contributed by atoms with Gasteiger partial charge in [-0.15, -0.1) is 11.8 Å². The average Bonchev–Trinajstić information content (AvgIpc) is 3.23. The van der Waals surface area contributed by atoms with Gasteiger partial charge < -0.3 is 5.32 Å². The van der Waals surface area contributed by atoms with E-state index in [9.17, 15) is 9.59 Å². The maximum Gasteiger partial charge on any atom is 0.263 e. The Morgan fingerprint density at radius 2 is 1.91 bits per heavy atom. The number of anilines is 1. The summed E-state index contributed by atoms with van der Waals surface area (Å²) < 4.78 is 1.72. The molecule has 1 fully saturated rings. The highest BCUT2D eigenvalue weighted by atomic mass is 32.2. The maximum atomic E-state index is 13.9. The van der Waals surface area contributed by atoms with E-state index in [2.05, 4.69) is 24.4 Å². The first-order chi connectivity index (χ1) is 16.5. The lowest BCUT2D eigenvalue weighted by Crippen LogP contribution is -2.29. The number of rotatable bonds is 6. The van der Waals surface area contributed by atoms with Gasteiger partial charge >= 0.3 is 0 Å². The highest BCUT2D eigenvalue weighted by Crippen LogP contribution is 2.50. The number of para-hydroxylation sites is 1. The molecule has 0 unspecified atom stereocenters. The van der Waals surface area contributed by atoms with E-state index in [1.807, 2.05) is 43.3 Å². The fourth-order valence-corrected chi connectivity index (χ4v) is 7.23. The summed E-state index contributed by atoms with van der Waals surface area (Å²) in [7, 11) is 0. The molecule has 2 heterocycles. The number of carbonyl (C=O) groups excluding carboxylic acids is 1. The molecule has 5 nitrogen and oxygen atoms in total. The SMILES string of the molecule is CCc1ccc(-n2c(SCC(=O)Nc3ccccc3C)nc3c(c2=O)[C@H]2CCCC[C@@H]2S3)cc1. The molecule has 0 saturated heterocycles. The number of aryl methyl sites for hydroxylation is 2. The number of carbonyl (C=O) groups is 1. The van der Waals surface area contributed by atoms with E-state index < -0.39 is 0 Å². The summed E-state index contributed by atoms with van der Waals surface area (Å²) in [5, 5.41) is 4.88. The predicted molar refractivity (Wildman–Crippen MR) is 141 cm³/mol. The van der Waals surface area contributed by atoms with Crippen molar-refractivity contribution in [3.8, 4) is 5.69 Å². The third-order valence-electron chi connectivity index (χ3n) is 6.74. The molecule has 0 spiro atoms. The van der Waals surface area contributed by atoms with Crippen molar-refractivity contribution in [3.63, 3.8) is 0 Å². The first kappa shape index (κ1) is 23.2. The molecular weight excluding hydrogens is 462 g/mol. The number of hydrogen-bond acceptors (Lipinski definition) is 5. The van der Waals surface area contributed by atoms with Crippen LogP contribution in [0.1, 0.15) is 55.2 Å². The van der Waals surface area contributed by atoms with Crippen LogP contribution in [0.4, 0.5) is 5.69 Å². The number of nitrogens with one attached hydrogen (secondary N) is 1. The van der Waals surface area contributed by atoms with Crippen molar-refractivity contribution < 1.29 is 4.79 Å². The number of thioether (sulfide) groups is 2. The lowest BCUT2D eigenvalue weighted by Gasteiger charge is -2.24. The van der Waals surface area contributed by atoms with E-state index >= 15 is 0 Å². The zero-order chi connectivity index (χ0) is 23.7. The van der Waals surface area contributed by atoms with Gasteiger partial charge in [0.05, 0.1) is 17.0 Å². The molecular formula is C27H29N3O2S2. The van der Waals surface area contributed by atoms with Gasteiger partial charge in [-0.2, -0.15) is 0 Å². The van der Waals surface area contributed by atoms with Gasteiger partial charge in [0.25, 0.3) is 5.56 Å². The molecule has 1 saturated carbocycles. The molecule has 2 aliphatic rings. The van der Waals surface area contributed by atoms with Crippen LogP contribution in [0, 0.1) is 6.92 Å². The molecule has 1 aliphatic heterocycles. The van der Waals surface area contributed by atoms with Crippen LogP contribution in [0.15, 0.2) is 63.5 Å². The summed E-state index contributed by atoms with van der Waals surface area (Å²) >= 11 is 3.08. The summed E-state index contributed by atoms with van der Waals surface area (Å²) in [6.45, 7) is 4.09. The van der Waals surface area contributed by atoms with Crippen molar-refractivity contribution in [2.24, 2.45) is 0 Å². The molecule has 176 valence electrons. The summed E-state index contributed by atoms with van der Waals surface area (Å²) in [6.07, 6.45) is 5.52. The van der Waals surface area contributed by atoms with Gasteiger partial charge in [0.15, 0.2) is 5.16 Å². The second kappa shape index (κ2) is 10.0. The second-order valence-corrected chi connectivity index (χ2v) is 11.1. The minimum absolute atomic E-state index is 0.0259. The van der Waals surface area contributed by atoms with Crippen LogP contribution in [0.2, 0.25) is 0 Å². The van der Waals surface area contributed by atoms with Crippen LogP contribution in [0.25, 0.3) is 5.69 Å². The smallest absolute Gasteiger partial charge is 0.263 e. The topological polar surface area (TPSA) is 64.0 Å². The minimum Gasteiger partial charge on any atom is -0.325 e. The first-order valence-electron chi connectivity index (χ1n) is 12.0. The Morgan fingerprint density at radius 1 is 1.15 bits per heavy atom. The van der Waals surface area contributed by atoms with Crippen LogP contribution >= 0.6 is 23.5 Å². The van der Waals surface area contributed by atoms with Crippen LogP contribution in [0.3, 0.4) is 0 Å². The van der Waals surface area contributed by atoms with Gasteiger partial charge in [0, 0.05) is 16.9 Å². The zero-order valence-electron chi connectivity index (χ0n) is 19.5. The Balaban J connectivity index is 1.48. The third-order valence-corrected chi connectivity index (χ3v) is 9.08. The van der Waals surface area contributed by atoms with Gasteiger partial charge in [-0.05, 0) is 55.5 Å². The number of hydrogen-bond donors (Lipinski definition) is 1. The monoisotopic (exact) mass is 491 g/mol. The van der Waals surface area contributed by atoms with Crippen molar-refractivity contribution in [1.29, 1.82) is 0 Å². The molecule has 5 rings (SSSR count). The fourth-order valence-electron chi connectivity index (χ4n) is 4.85. The highest BCUT2D eigenvalue weighted by Gasteiger charge is 2.39. The number of fused-ring (bicyclic) bond motifs is 3. The number of nitrogens with zero attached hydrogens (tertiary/aromatic N) is 2. The summed E-state index contributed by atoms with van der Waals surface area (Å²) in [6, 6.07) is 15.8. The molecule has 34 heavy (non-hydrogen) atoms. The van der Waals surface area contributed by atoms with E-state index in [4.69, 9.17) is 4.98 Å². The Bertz CT molecular complexity index is 1270. The summed E-state index contributed by atoms with van der Waals surface area (Å²) in [5.41, 5.74) is 4.76. The van der Waals surface area contributed by atoms with Crippen molar-refractivity contribution in [3.05, 3.63) is 75.6 Å². The summed E-state index contributed by atoms with van der Waals surface area (Å²) in [4.78, 5) is 31.6. The largest absolute Gasteiger partial charge is 0.325 e. The first-order valence-corrected chi connectivity index (χ1v) is 13.8. The quantitative estimate of drug-likeness (QED) is 0.262. The van der Waals surface area contributed by atoms with Crippen LogP contribution < -0.4 is 10.9 Å². The van der Waals surface area contributed by atoms with Gasteiger partial charge in [0.1, 0.15) is 5.03 Å². The lowest BCUT2D eigenvalue weighted by atomic mass is 9.85. The van der Waals surface area contributed by atoms with E-state index in [0.717, 1.165) is 46.8 Å². The van der Waals surface area contributed by atoms with Gasteiger partial charge in [-0.3, -0.25) is 14.2 Å². The summed E-state index contributed by atoms with van der Waals surface area (Å²) in [5.74, 6) is 0.367. The molecule has 1 aliphatic carbocycles. The van der Waals surface area contributed by atoms with Crippen LogP contribution in [-0.2, 0) is 11.2 Å². The van der Waals surface area contributed by atoms with Gasteiger partial charge in [-0.1, -0.05) is 61.9 Å². The molecule has 3 aromatic rings. The van der Waals surface area contributed by atoms with Crippen molar-refractivity contribution >= 4 is 35.1 Å². The highest BCUT2D eigenvalue weighted by molar-refractivity contribution is 8.00. The van der Waals surface area contributed by atoms with E-state index in [1.165, 1.54) is 30.2 Å². The second-order valence-electron chi connectivity index (χ2n) is 8.97. The predicted octanol–water partition coefficient (Wildman–Crippen LogP) is 5.97. The standard InChI is InChI=1S/C27H29N3O2S2/c1-3-18-12-14-19(15-13-18)30-26(32)24-20-9-5-7-11-22(20)34-25(24)29-27(30)33-16-23(31)28-21-10-6-4-8-17(21)2/h4,6,8,10,12-15,20,22H,3,5,7,9,11,16H2,1-2H3,(H,28,31)/t20-,22-/m0/s1. The zero-order valence-corrected chi connectivity index (χ0v) is 21.2. The Hall–Kier alpha value is -2.51. The molecule has 1 N–H and O–H groups in total. The Kier molecular flexibility index (Phi) is 6.84. The normalized spacial score (nSPS) is 18.9. The molecule has 1 aromatic heterocycles. The molecule has 0 bridgehead atoms. The van der Waals surface area contributed by atoms with E-state index in [0.29, 0.717) is 16.3 Å². The number of benzene rings is 2. The fraction of sp³-hybridized carbons (Fsp3) is 0.370.